The van der Waals surface area contributed by atoms with Crippen LogP contribution in [0.5, 0.6) is 0 Å². The smallest absolute Gasteiger partial charge is 0.00966 e. The van der Waals surface area contributed by atoms with Crippen LogP contribution in [0, 0.1) is 17.8 Å². The van der Waals surface area contributed by atoms with Crippen LogP contribution in [-0.2, 0) is 0 Å². The Bertz CT molecular complexity index is 417. The van der Waals surface area contributed by atoms with Crippen LogP contribution in [0.2, 0.25) is 0 Å². The summed E-state index contributed by atoms with van der Waals surface area (Å²) in [6.45, 7) is 8.02. The maximum absolute atomic E-state index is 3.69. The van der Waals surface area contributed by atoms with E-state index in [-0.39, 0.29) is 5.54 Å². The topological polar surface area (TPSA) is 12.0 Å². The molecule has 104 valence electrons. The van der Waals surface area contributed by atoms with Crippen LogP contribution in [0.4, 0.5) is 0 Å². The molecule has 4 unspecified atom stereocenters. The summed E-state index contributed by atoms with van der Waals surface area (Å²) in [6, 6.07) is 11.1. The predicted octanol–water partition coefficient (Wildman–Crippen LogP) is 4.20. The molecule has 0 spiro atoms. The third-order valence-corrected chi connectivity index (χ3v) is 4.99. The lowest BCUT2D eigenvalue weighted by Gasteiger charge is -2.39. The molecule has 1 aromatic carbocycles. The molecule has 0 amide bonds. The van der Waals surface area contributed by atoms with Crippen molar-refractivity contribution in [3.63, 3.8) is 0 Å². The molecular weight excluding hydrogens is 230 g/mol. The Hall–Kier alpha value is -0.820. The number of rotatable bonds is 4. The fourth-order valence-electron chi connectivity index (χ4n) is 3.62. The number of nitrogens with one attached hydrogen (secondary N) is 1. The lowest BCUT2D eigenvalue weighted by Crippen LogP contribution is -2.44. The second kappa shape index (κ2) is 4.94. The molecule has 0 radical (unpaired) electrons. The van der Waals surface area contributed by atoms with Gasteiger partial charge in [-0.2, -0.15) is 0 Å². The molecule has 0 bridgehead atoms. The van der Waals surface area contributed by atoms with Crippen molar-refractivity contribution in [3.8, 4) is 0 Å². The van der Waals surface area contributed by atoms with Crippen LogP contribution in [0.1, 0.15) is 51.5 Å². The first-order chi connectivity index (χ1) is 9.04. The van der Waals surface area contributed by atoms with E-state index in [1.807, 2.05) is 0 Å². The molecule has 4 atom stereocenters. The first kappa shape index (κ1) is 13.2. The normalized spacial score (nSPS) is 33.8. The summed E-state index contributed by atoms with van der Waals surface area (Å²) in [4.78, 5) is 0. The molecule has 1 aromatic rings. The van der Waals surface area contributed by atoms with Gasteiger partial charge >= 0.3 is 0 Å². The Labute approximate surface area is 117 Å². The van der Waals surface area contributed by atoms with E-state index in [1.165, 1.54) is 25.8 Å². The molecule has 2 fully saturated rings. The summed E-state index contributed by atoms with van der Waals surface area (Å²) in [6.07, 6.45) is 4.33. The van der Waals surface area contributed by atoms with E-state index in [9.17, 15) is 0 Å². The highest BCUT2D eigenvalue weighted by Crippen LogP contribution is 2.58. The quantitative estimate of drug-likeness (QED) is 0.852. The van der Waals surface area contributed by atoms with E-state index >= 15 is 0 Å². The lowest BCUT2D eigenvalue weighted by atomic mass is 9.70. The van der Waals surface area contributed by atoms with Gasteiger partial charge in [-0.3, -0.25) is 0 Å². The summed E-state index contributed by atoms with van der Waals surface area (Å²) < 4.78 is 0. The zero-order valence-corrected chi connectivity index (χ0v) is 12.5. The Morgan fingerprint density at radius 2 is 1.79 bits per heavy atom. The van der Waals surface area contributed by atoms with Crippen molar-refractivity contribution >= 4 is 0 Å². The fraction of sp³-hybridized carbons (Fsp3) is 0.667. The van der Waals surface area contributed by atoms with Gasteiger partial charge < -0.3 is 5.32 Å². The lowest BCUT2D eigenvalue weighted by molar-refractivity contribution is 0.135. The summed E-state index contributed by atoms with van der Waals surface area (Å²) in [5.74, 6) is 3.75. The van der Waals surface area contributed by atoms with E-state index in [0.717, 1.165) is 23.7 Å². The van der Waals surface area contributed by atoms with Gasteiger partial charge in [-0.05, 0) is 75.8 Å². The molecule has 0 heterocycles. The molecule has 2 aliphatic rings. The second-order valence-electron chi connectivity index (χ2n) is 7.55. The van der Waals surface area contributed by atoms with Gasteiger partial charge in [-0.15, -0.1) is 0 Å². The third-order valence-electron chi connectivity index (χ3n) is 4.99. The van der Waals surface area contributed by atoms with E-state index in [2.05, 4.69) is 56.4 Å². The molecular formula is C18H27N. The minimum Gasteiger partial charge on any atom is -0.312 e. The first-order valence-electron chi connectivity index (χ1n) is 7.84. The minimum atomic E-state index is 0.266. The van der Waals surface area contributed by atoms with E-state index in [4.69, 9.17) is 0 Å². The second-order valence-corrected chi connectivity index (χ2v) is 7.55. The average Bonchev–Trinajstić information content (AvgIpc) is 3.07. The average molecular weight is 257 g/mol. The Balaban J connectivity index is 1.52. The molecule has 1 N–H and O–H groups in total. The molecule has 3 rings (SSSR count). The van der Waals surface area contributed by atoms with Crippen molar-refractivity contribution in [1.82, 2.24) is 5.32 Å². The highest BCUT2D eigenvalue weighted by Gasteiger charge is 2.49. The van der Waals surface area contributed by atoms with Crippen LogP contribution in [-0.4, -0.2) is 12.1 Å². The van der Waals surface area contributed by atoms with Crippen molar-refractivity contribution in [1.29, 1.82) is 0 Å². The van der Waals surface area contributed by atoms with Gasteiger partial charge in [0.1, 0.15) is 0 Å². The van der Waals surface area contributed by atoms with Crippen molar-refractivity contribution in [2.24, 2.45) is 17.8 Å². The third kappa shape index (κ3) is 3.02. The van der Waals surface area contributed by atoms with E-state index in [1.54, 1.807) is 5.56 Å². The van der Waals surface area contributed by atoms with Crippen molar-refractivity contribution in [3.05, 3.63) is 35.9 Å². The van der Waals surface area contributed by atoms with Gasteiger partial charge in [0.05, 0.1) is 0 Å². The monoisotopic (exact) mass is 257 g/mol. The molecule has 0 aliphatic heterocycles. The first-order valence-corrected chi connectivity index (χ1v) is 7.84. The van der Waals surface area contributed by atoms with Gasteiger partial charge in [-0.25, -0.2) is 0 Å². The maximum Gasteiger partial charge on any atom is 0.00966 e. The maximum atomic E-state index is 3.69. The van der Waals surface area contributed by atoms with Gasteiger partial charge in [0, 0.05) is 5.54 Å². The largest absolute Gasteiger partial charge is 0.312 e. The minimum absolute atomic E-state index is 0.266. The summed E-state index contributed by atoms with van der Waals surface area (Å²) in [7, 11) is 0. The van der Waals surface area contributed by atoms with E-state index in [0.29, 0.717) is 0 Å². The highest BCUT2D eigenvalue weighted by atomic mass is 14.9. The van der Waals surface area contributed by atoms with Crippen LogP contribution < -0.4 is 5.32 Å². The number of benzene rings is 1. The summed E-state index contributed by atoms with van der Waals surface area (Å²) in [5, 5.41) is 3.69. The number of hydrogen-bond acceptors (Lipinski definition) is 1. The SMILES string of the molecule is CC(C)(C)NCC1CCC1C1CC1c1ccccc1. The van der Waals surface area contributed by atoms with Crippen molar-refractivity contribution in [2.45, 2.75) is 51.5 Å². The summed E-state index contributed by atoms with van der Waals surface area (Å²) in [5.41, 5.74) is 1.84. The van der Waals surface area contributed by atoms with Gasteiger partial charge in [0.25, 0.3) is 0 Å². The molecule has 1 heteroatoms. The zero-order chi connectivity index (χ0) is 13.5. The predicted molar refractivity (Wildman–Crippen MR) is 81.3 cm³/mol. The van der Waals surface area contributed by atoms with Crippen LogP contribution >= 0.6 is 0 Å². The van der Waals surface area contributed by atoms with Crippen LogP contribution in [0.15, 0.2) is 30.3 Å². The van der Waals surface area contributed by atoms with Gasteiger partial charge in [0.2, 0.25) is 0 Å². The summed E-state index contributed by atoms with van der Waals surface area (Å²) >= 11 is 0. The Morgan fingerprint density at radius 1 is 1.05 bits per heavy atom. The molecule has 2 saturated carbocycles. The standard InChI is InChI=1S/C18H27N/c1-18(2,3)19-12-14-9-10-15(14)17-11-16(17)13-7-5-4-6-8-13/h4-8,14-17,19H,9-12H2,1-3H3. The number of hydrogen-bond donors (Lipinski definition) is 1. The van der Waals surface area contributed by atoms with Crippen LogP contribution in [0.3, 0.4) is 0 Å². The molecule has 0 aromatic heterocycles. The zero-order valence-electron chi connectivity index (χ0n) is 12.5. The van der Waals surface area contributed by atoms with E-state index < -0.39 is 0 Å². The molecule has 2 aliphatic carbocycles. The van der Waals surface area contributed by atoms with Crippen molar-refractivity contribution < 1.29 is 0 Å². The Kier molecular flexibility index (Phi) is 3.42. The van der Waals surface area contributed by atoms with Crippen LogP contribution in [0.25, 0.3) is 0 Å². The Morgan fingerprint density at radius 3 is 2.37 bits per heavy atom. The van der Waals surface area contributed by atoms with Gasteiger partial charge in [-0.1, -0.05) is 30.3 Å². The van der Waals surface area contributed by atoms with Gasteiger partial charge in [0.15, 0.2) is 0 Å². The molecule has 1 nitrogen and oxygen atoms in total. The fourth-order valence-corrected chi connectivity index (χ4v) is 3.62. The molecule has 19 heavy (non-hydrogen) atoms. The highest BCUT2D eigenvalue weighted by molar-refractivity contribution is 5.26. The van der Waals surface area contributed by atoms with Crippen molar-refractivity contribution in [2.75, 3.05) is 6.54 Å². The molecule has 0 saturated heterocycles.